The van der Waals surface area contributed by atoms with Gasteiger partial charge in [0, 0.05) is 34.5 Å². The van der Waals surface area contributed by atoms with Crippen molar-refractivity contribution in [1.82, 2.24) is 5.32 Å². The largest absolute Gasteiger partial charge is 0.348 e. The third-order valence-electron chi connectivity index (χ3n) is 7.17. The number of fused-ring (bicyclic) bond motifs is 2. The Balaban J connectivity index is 1.19. The van der Waals surface area contributed by atoms with E-state index in [9.17, 15) is 14.4 Å². The quantitative estimate of drug-likeness (QED) is 0.622. The molecule has 4 aliphatic rings. The fourth-order valence-corrected chi connectivity index (χ4v) is 6.19. The molecule has 3 amide bonds. The van der Waals surface area contributed by atoms with Crippen LogP contribution < -0.4 is 16.0 Å². The van der Waals surface area contributed by atoms with Gasteiger partial charge in [0.1, 0.15) is 0 Å². The number of aryl methyl sites for hydroxylation is 1. The number of hydrogen-bond acceptors (Lipinski definition) is 4. The molecule has 3 N–H and O–H groups in total. The first-order valence-corrected chi connectivity index (χ1v) is 12.5. The number of thiophene rings is 1. The van der Waals surface area contributed by atoms with Crippen molar-refractivity contribution >= 4 is 39.7 Å². The minimum absolute atomic E-state index is 0.0417. The molecule has 3 aliphatic carbocycles. The van der Waals surface area contributed by atoms with Gasteiger partial charge in [-0.1, -0.05) is 0 Å². The molecule has 1 atom stereocenters. The summed E-state index contributed by atoms with van der Waals surface area (Å²) in [6, 6.07) is 5.49. The van der Waals surface area contributed by atoms with Crippen LogP contribution in [0.3, 0.4) is 0 Å². The van der Waals surface area contributed by atoms with E-state index >= 15 is 0 Å². The van der Waals surface area contributed by atoms with Crippen molar-refractivity contribution in [3.8, 4) is 0 Å². The molecule has 0 bridgehead atoms. The topological polar surface area (TPSA) is 87.3 Å². The molecule has 2 fully saturated rings. The molecule has 0 spiro atoms. The highest BCUT2D eigenvalue weighted by atomic mass is 32.1. The molecular formula is C25H27N3O3S. The van der Waals surface area contributed by atoms with E-state index in [0.717, 1.165) is 60.7 Å². The lowest BCUT2D eigenvalue weighted by Crippen LogP contribution is -2.28. The number of anilines is 2. The van der Waals surface area contributed by atoms with E-state index in [4.69, 9.17) is 0 Å². The molecule has 6 nitrogen and oxygen atoms in total. The maximum Gasteiger partial charge on any atom is 0.251 e. The molecule has 1 aliphatic heterocycles. The SMILES string of the molecule is O=C1NCc2cc(NC(=O)C3CCc4sc(NC(=O)C5CC5)c(CC5CC5)c4C3)ccc21. The molecule has 2 heterocycles. The van der Waals surface area contributed by atoms with Crippen LogP contribution in [0.25, 0.3) is 0 Å². The molecule has 32 heavy (non-hydrogen) atoms. The van der Waals surface area contributed by atoms with Gasteiger partial charge in [0.25, 0.3) is 5.91 Å². The second-order valence-electron chi connectivity index (χ2n) is 9.71. The van der Waals surface area contributed by atoms with E-state index in [2.05, 4.69) is 16.0 Å². The van der Waals surface area contributed by atoms with Gasteiger partial charge in [-0.05, 0) is 92.2 Å². The van der Waals surface area contributed by atoms with Gasteiger partial charge in [-0.2, -0.15) is 0 Å². The summed E-state index contributed by atoms with van der Waals surface area (Å²) in [6.07, 6.45) is 8.01. The van der Waals surface area contributed by atoms with Crippen LogP contribution in [0.2, 0.25) is 0 Å². The third-order valence-corrected chi connectivity index (χ3v) is 8.42. The lowest BCUT2D eigenvalue weighted by atomic mass is 9.84. The van der Waals surface area contributed by atoms with E-state index in [-0.39, 0.29) is 29.6 Å². The third kappa shape index (κ3) is 3.83. The first-order valence-electron chi connectivity index (χ1n) is 11.7. The second-order valence-corrected chi connectivity index (χ2v) is 10.8. The van der Waals surface area contributed by atoms with Crippen molar-refractivity contribution in [2.75, 3.05) is 10.6 Å². The van der Waals surface area contributed by atoms with Crippen molar-refractivity contribution < 1.29 is 14.4 Å². The number of hydrogen-bond donors (Lipinski definition) is 3. The minimum Gasteiger partial charge on any atom is -0.348 e. The Labute approximate surface area is 191 Å². The van der Waals surface area contributed by atoms with Gasteiger partial charge in [0.2, 0.25) is 11.8 Å². The number of benzene rings is 1. The number of carbonyl (C=O) groups excluding carboxylic acids is 3. The Kier molecular flexibility index (Phi) is 4.82. The van der Waals surface area contributed by atoms with E-state index in [1.807, 2.05) is 12.1 Å². The zero-order valence-electron chi connectivity index (χ0n) is 18.0. The molecule has 1 aromatic carbocycles. The zero-order chi connectivity index (χ0) is 21.8. The van der Waals surface area contributed by atoms with Crippen LogP contribution in [0.5, 0.6) is 0 Å². The minimum atomic E-state index is -0.0740. The average Bonchev–Trinajstić information content (AvgIpc) is 3.71. The number of amides is 3. The van der Waals surface area contributed by atoms with E-state index in [1.54, 1.807) is 17.4 Å². The van der Waals surface area contributed by atoms with E-state index in [0.29, 0.717) is 12.1 Å². The predicted octanol–water partition coefficient (Wildman–Crippen LogP) is 4.04. The highest BCUT2D eigenvalue weighted by molar-refractivity contribution is 7.16. The summed E-state index contributed by atoms with van der Waals surface area (Å²) in [5.74, 6) is 0.999. The van der Waals surface area contributed by atoms with Crippen LogP contribution in [0.15, 0.2) is 18.2 Å². The lowest BCUT2D eigenvalue weighted by molar-refractivity contribution is -0.120. The van der Waals surface area contributed by atoms with Gasteiger partial charge in [-0.25, -0.2) is 0 Å². The molecule has 166 valence electrons. The molecule has 6 rings (SSSR count). The maximum absolute atomic E-state index is 13.1. The summed E-state index contributed by atoms with van der Waals surface area (Å²) in [7, 11) is 0. The van der Waals surface area contributed by atoms with E-state index in [1.165, 1.54) is 28.8 Å². The van der Waals surface area contributed by atoms with Crippen LogP contribution in [0.4, 0.5) is 10.7 Å². The summed E-state index contributed by atoms with van der Waals surface area (Å²) >= 11 is 1.73. The molecular weight excluding hydrogens is 422 g/mol. The van der Waals surface area contributed by atoms with Crippen molar-refractivity contribution in [2.24, 2.45) is 17.8 Å². The second kappa shape index (κ2) is 7.73. The smallest absolute Gasteiger partial charge is 0.251 e. The van der Waals surface area contributed by atoms with Crippen LogP contribution in [-0.2, 0) is 35.4 Å². The monoisotopic (exact) mass is 449 g/mol. The maximum atomic E-state index is 13.1. The molecule has 2 saturated carbocycles. The Hall–Kier alpha value is -2.67. The lowest BCUT2D eigenvalue weighted by Gasteiger charge is -2.23. The normalized spacial score (nSPS) is 21.5. The van der Waals surface area contributed by atoms with Gasteiger partial charge in [0.05, 0.1) is 5.00 Å². The standard InChI is InChI=1S/C25H27N3O3S/c29-22(14-3-4-14)28-25-20(9-13-1-2-13)19-11-15(5-8-21(19)32-25)23(30)27-17-6-7-18-16(10-17)12-26-24(18)31/h6-7,10,13-15H,1-5,8-9,11-12H2,(H,26,31)(H,27,30)(H,28,29). The first-order chi connectivity index (χ1) is 15.5. The van der Waals surface area contributed by atoms with Gasteiger partial charge in [-0.3, -0.25) is 14.4 Å². The Morgan fingerprint density at radius 1 is 1.03 bits per heavy atom. The van der Waals surface area contributed by atoms with E-state index < -0.39 is 0 Å². The molecule has 1 aromatic heterocycles. The Morgan fingerprint density at radius 2 is 1.84 bits per heavy atom. The summed E-state index contributed by atoms with van der Waals surface area (Å²) in [5.41, 5.74) is 4.97. The molecule has 7 heteroatoms. The number of carbonyl (C=O) groups is 3. The van der Waals surface area contributed by atoms with Crippen molar-refractivity contribution in [3.05, 3.63) is 45.3 Å². The summed E-state index contributed by atoms with van der Waals surface area (Å²) in [4.78, 5) is 38.6. The van der Waals surface area contributed by atoms with Gasteiger partial charge < -0.3 is 16.0 Å². The van der Waals surface area contributed by atoms with Crippen LogP contribution >= 0.6 is 11.3 Å². The molecule has 0 saturated heterocycles. The highest BCUT2D eigenvalue weighted by Gasteiger charge is 2.35. The summed E-state index contributed by atoms with van der Waals surface area (Å²) in [6.45, 7) is 0.513. The first kappa shape index (κ1) is 20.0. The van der Waals surface area contributed by atoms with Crippen LogP contribution in [0.1, 0.15) is 64.0 Å². The Morgan fingerprint density at radius 3 is 2.62 bits per heavy atom. The van der Waals surface area contributed by atoms with Crippen molar-refractivity contribution in [2.45, 2.75) is 57.9 Å². The summed E-state index contributed by atoms with van der Waals surface area (Å²) in [5, 5.41) is 10.1. The molecule has 1 unspecified atom stereocenters. The van der Waals surface area contributed by atoms with Crippen LogP contribution in [-0.4, -0.2) is 17.7 Å². The highest BCUT2D eigenvalue weighted by Crippen LogP contribution is 2.45. The fraction of sp³-hybridized carbons (Fsp3) is 0.480. The van der Waals surface area contributed by atoms with Gasteiger partial charge in [0.15, 0.2) is 0 Å². The number of rotatable bonds is 6. The summed E-state index contributed by atoms with van der Waals surface area (Å²) < 4.78 is 0. The van der Waals surface area contributed by atoms with Gasteiger partial charge in [-0.15, -0.1) is 11.3 Å². The van der Waals surface area contributed by atoms with Gasteiger partial charge >= 0.3 is 0 Å². The average molecular weight is 450 g/mol. The predicted molar refractivity (Wildman–Crippen MR) is 124 cm³/mol. The Bertz CT molecular complexity index is 1130. The van der Waals surface area contributed by atoms with Crippen molar-refractivity contribution in [1.29, 1.82) is 0 Å². The number of nitrogens with one attached hydrogen (secondary N) is 3. The fourth-order valence-electron chi connectivity index (χ4n) is 4.91. The van der Waals surface area contributed by atoms with Crippen LogP contribution in [0, 0.1) is 17.8 Å². The van der Waals surface area contributed by atoms with Crippen molar-refractivity contribution in [3.63, 3.8) is 0 Å². The molecule has 0 radical (unpaired) electrons. The molecule has 2 aromatic rings. The zero-order valence-corrected chi connectivity index (χ0v) is 18.8.